The Balaban J connectivity index is 1.68. The van der Waals surface area contributed by atoms with Crippen molar-refractivity contribution in [3.8, 4) is 0 Å². The van der Waals surface area contributed by atoms with Crippen LogP contribution in [0.2, 0.25) is 10.0 Å². The molecule has 4 rings (SSSR count). The lowest BCUT2D eigenvalue weighted by Crippen LogP contribution is -2.56. The van der Waals surface area contributed by atoms with Crippen LogP contribution in [-0.2, 0) is 15.8 Å². The van der Waals surface area contributed by atoms with Crippen LogP contribution in [0.4, 0.5) is 10.5 Å². The van der Waals surface area contributed by atoms with Crippen molar-refractivity contribution in [3.63, 3.8) is 0 Å². The van der Waals surface area contributed by atoms with Gasteiger partial charge in [-0.3, -0.25) is 14.3 Å². The van der Waals surface area contributed by atoms with Crippen molar-refractivity contribution in [1.82, 2.24) is 9.80 Å². The average Bonchev–Trinajstić information content (AvgIpc) is 2.94. The quantitative estimate of drug-likeness (QED) is 0.350. The van der Waals surface area contributed by atoms with Crippen LogP contribution < -0.4 is 4.90 Å². The number of anilines is 1. The van der Waals surface area contributed by atoms with Crippen LogP contribution in [0, 0.1) is 0 Å². The van der Waals surface area contributed by atoms with E-state index in [1.165, 1.54) is 18.2 Å². The maximum absolute atomic E-state index is 13.9. The van der Waals surface area contributed by atoms with Crippen LogP contribution in [0.25, 0.3) is 0 Å². The lowest BCUT2D eigenvalue weighted by Gasteiger charge is -2.42. The van der Waals surface area contributed by atoms with E-state index in [9.17, 15) is 23.9 Å². The van der Waals surface area contributed by atoms with Crippen LogP contribution in [0.5, 0.6) is 0 Å². The molecule has 0 radical (unpaired) electrons. The van der Waals surface area contributed by atoms with Crippen molar-refractivity contribution >= 4 is 64.4 Å². The number of benzene rings is 2. The lowest BCUT2D eigenvalue weighted by molar-refractivity contribution is -0.125. The third kappa shape index (κ3) is 5.77. The number of nitrogens with zero attached hydrogens (tertiary/aromatic N) is 3. The molecule has 2 aliphatic rings. The fourth-order valence-corrected chi connectivity index (χ4v) is 6.53. The maximum Gasteiger partial charge on any atom is 0.339 e. The second-order valence-corrected chi connectivity index (χ2v) is 12.6. The molecule has 2 aromatic carbocycles. The van der Waals surface area contributed by atoms with Crippen molar-refractivity contribution in [3.05, 3.63) is 62.5 Å². The van der Waals surface area contributed by atoms with Gasteiger partial charge in [-0.25, -0.2) is 9.69 Å². The Labute approximate surface area is 222 Å². The van der Waals surface area contributed by atoms with Gasteiger partial charge in [-0.05, 0) is 55.7 Å². The first kappa shape index (κ1) is 26.6. The number of carbonyl (C=O) groups is 2. The molecule has 2 fully saturated rings. The van der Waals surface area contributed by atoms with Crippen molar-refractivity contribution in [2.24, 2.45) is 0 Å². The monoisotopic (exact) mass is 603 g/mol. The Bertz CT molecular complexity index is 1170. The van der Waals surface area contributed by atoms with E-state index >= 15 is 0 Å². The Morgan fingerprint density at radius 2 is 1.63 bits per heavy atom. The van der Waals surface area contributed by atoms with E-state index in [0.717, 1.165) is 14.9 Å². The van der Waals surface area contributed by atoms with Crippen molar-refractivity contribution in [2.45, 2.75) is 37.8 Å². The zero-order chi connectivity index (χ0) is 25.5. The minimum Gasteiger partial charge on any atom is -0.324 e. The lowest BCUT2D eigenvalue weighted by atomic mass is 9.88. The van der Waals surface area contributed by atoms with Gasteiger partial charge < -0.3 is 14.7 Å². The molecule has 0 saturated carbocycles. The second-order valence-electron chi connectivity index (χ2n) is 9.15. The minimum atomic E-state index is -4.18. The number of halogens is 3. The van der Waals surface area contributed by atoms with Gasteiger partial charge in [0.25, 0.3) is 5.91 Å². The van der Waals surface area contributed by atoms with Crippen molar-refractivity contribution in [1.29, 1.82) is 0 Å². The normalized spacial score (nSPS) is 22.3. The van der Waals surface area contributed by atoms with Crippen LogP contribution in [0.1, 0.15) is 25.3 Å². The van der Waals surface area contributed by atoms with Gasteiger partial charge in [-0.15, -0.1) is 0 Å². The molecule has 2 aromatic rings. The molecule has 2 N–H and O–H groups in total. The third-order valence-corrected chi connectivity index (χ3v) is 8.20. The zero-order valence-electron chi connectivity index (χ0n) is 18.9. The molecule has 8 nitrogen and oxygen atoms in total. The van der Waals surface area contributed by atoms with Crippen LogP contribution >= 0.6 is 46.7 Å². The number of urea groups is 1. The molecular weight excluding hydrogens is 580 g/mol. The topological polar surface area (TPSA) is 101 Å². The van der Waals surface area contributed by atoms with Gasteiger partial charge in [-0.1, -0.05) is 51.3 Å². The highest BCUT2D eigenvalue weighted by atomic mass is 79.9. The van der Waals surface area contributed by atoms with Crippen LogP contribution in [0.3, 0.4) is 0 Å². The number of hydrogen-bond donors (Lipinski definition) is 2. The van der Waals surface area contributed by atoms with Gasteiger partial charge in [0.2, 0.25) is 0 Å². The Morgan fingerprint density at radius 1 is 1.06 bits per heavy atom. The van der Waals surface area contributed by atoms with Crippen LogP contribution in [0.15, 0.2) is 46.9 Å². The third-order valence-electron chi connectivity index (χ3n) is 6.47. The molecular formula is C23H25BrCl2N3O5P. The van der Waals surface area contributed by atoms with Gasteiger partial charge in [-0.2, -0.15) is 0 Å². The highest BCUT2D eigenvalue weighted by molar-refractivity contribution is 9.10. The number of hydrogen-bond acceptors (Lipinski definition) is 4. The van der Waals surface area contributed by atoms with E-state index in [4.69, 9.17) is 23.2 Å². The minimum absolute atomic E-state index is 0.278. The highest BCUT2D eigenvalue weighted by Crippen LogP contribution is 2.41. The molecule has 0 bridgehead atoms. The Hall–Kier alpha value is -1.45. The fourth-order valence-electron chi connectivity index (χ4n) is 4.94. The summed E-state index contributed by atoms with van der Waals surface area (Å²) < 4.78 is 12.3. The fraction of sp³-hybridized carbons (Fsp3) is 0.391. The molecule has 0 aliphatic carbocycles. The summed E-state index contributed by atoms with van der Waals surface area (Å²) in [4.78, 5) is 50.8. The summed E-state index contributed by atoms with van der Waals surface area (Å²) in [6, 6.07) is 11.5. The molecule has 2 aliphatic heterocycles. The summed E-state index contributed by atoms with van der Waals surface area (Å²) in [6.07, 6.45) is 0.951. The number of rotatable bonds is 6. The predicted octanol–water partition coefficient (Wildman–Crippen LogP) is 5.13. The van der Waals surface area contributed by atoms with E-state index in [1.807, 2.05) is 24.3 Å². The smallest absolute Gasteiger partial charge is 0.324 e. The van der Waals surface area contributed by atoms with E-state index in [2.05, 4.69) is 15.9 Å². The molecule has 3 amide bonds. The van der Waals surface area contributed by atoms with Gasteiger partial charge in [0.05, 0.1) is 5.69 Å². The van der Waals surface area contributed by atoms with Crippen LogP contribution in [-0.4, -0.2) is 62.5 Å². The Kier molecular flexibility index (Phi) is 7.70. The maximum atomic E-state index is 13.9. The summed E-state index contributed by atoms with van der Waals surface area (Å²) in [7, 11) is -4.18. The molecule has 0 aromatic heterocycles. The molecule has 35 heavy (non-hydrogen) atoms. The van der Waals surface area contributed by atoms with Gasteiger partial charge in [0, 0.05) is 40.1 Å². The van der Waals surface area contributed by atoms with Gasteiger partial charge >= 0.3 is 13.6 Å². The molecule has 0 spiro atoms. The van der Waals surface area contributed by atoms with E-state index < -0.39 is 19.2 Å². The highest BCUT2D eigenvalue weighted by Gasteiger charge is 2.57. The van der Waals surface area contributed by atoms with Crippen molar-refractivity contribution < 1.29 is 23.9 Å². The number of imide groups is 1. The van der Waals surface area contributed by atoms with E-state index in [1.54, 1.807) is 16.7 Å². The Morgan fingerprint density at radius 3 is 2.17 bits per heavy atom. The molecule has 2 heterocycles. The number of piperidine rings is 1. The molecule has 12 heteroatoms. The van der Waals surface area contributed by atoms with Gasteiger partial charge in [0.15, 0.2) is 0 Å². The summed E-state index contributed by atoms with van der Waals surface area (Å²) in [5.41, 5.74) is 0.0308. The average molecular weight is 605 g/mol. The standard InChI is InChI=1S/C23H25BrCl2N3O5P/c1-23(13-15-2-4-16(24)5-3-15)21(30)28(20-11-17(25)10-18(26)12-20)22(31)29(23)19-6-8-27(9-7-19)14-35(32,33)34/h2-5,10-12,19H,6-9,13-14H2,1H3,(H2,32,33,34)/t23-/m1/s1. The first-order valence-corrected chi connectivity index (χ1v) is 14.4. The van der Waals surface area contributed by atoms with Crippen molar-refractivity contribution in [2.75, 3.05) is 24.3 Å². The van der Waals surface area contributed by atoms with E-state index in [0.29, 0.717) is 48.1 Å². The zero-order valence-corrected chi connectivity index (χ0v) is 22.9. The number of amides is 3. The molecule has 188 valence electrons. The SMILES string of the molecule is C[C@@]1(Cc2ccc(Br)cc2)C(=O)N(c2cc(Cl)cc(Cl)c2)C(=O)N1C1CCN(CP(=O)(O)O)CC1. The molecule has 0 unspecified atom stereocenters. The number of carbonyl (C=O) groups excluding carboxylic acids is 2. The van der Waals surface area contributed by atoms with Gasteiger partial charge in [0.1, 0.15) is 11.8 Å². The largest absolute Gasteiger partial charge is 0.339 e. The summed E-state index contributed by atoms with van der Waals surface area (Å²) in [6.45, 7) is 2.58. The first-order chi connectivity index (χ1) is 16.4. The summed E-state index contributed by atoms with van der Waals surface area (Å²) >= 11 is 15.8. The second kappa shape index (κ2) is 10.1. The summed E-state index contributed by atoms with van der Waals surface area (Å²) in [5.74, 6) is -0.374. The molecule has 2 saturated heterocycles. The first-order valence-electron chi connectivity index (χ1n) is 11.0. The van der Waals surface area contributed by atoms with E-state index in [-0.39, 0.29) is 18.2 Å². The number of likely N-dealkylation sites (tertiary alicyclic amines) is 1. The molecule has 1 atom stereocenters. The summed E-state index contributed by atoms with van der Waals surface area (Å²) in [5, 5.41) is 0.624. The predicted molar refractivity (Wildman–Crippen MR) is 139 cm³/mol.